The van der Waals surface area contributed by atoms with Crippen LogP contribution in [0.4, 0.5) is 11.5 Å². The molecule has 0 saturated carbocycles. The van der Waals surface area contributed by atoms with Crippen molar-refractivity contribution in [1.82, 2.24) is 9.88 Å². The van der Waals surface area contributed by atoms with Gasteiger partial charge in [-0.25, -0.2) is 4.98 Å². The van der Waals surface area contributed by atoms with E-state index in [9.17, 15) is 4.79 Å². The van der Waals surface area contributed by atoms with E-state index in [1.165, 1.54) is 0 Å². The van der Waals surface area contributed by atoms with Gasteiger partial charge >= 0.3 is 0 Å². The summed E-state index contributed by atoms with van der Waals surface area (Å²) >= 11 is 5.87. The number of aromatic nitrogens is 1. The summed E-state index contributed by atoms with van der Waals surface area (Å²) in [6, 6.07) is 11.1. The third-order valence-electron chi connectivity index (χ3n) is 4.20. The van der Waals surface area contributed by atoms with Crippen molar-refractivity contribution >= 4 is 29.0 Å². The molecule has 3 rings (SSSR count). The van der Waals surface area contributed by atoms with Crippen molar-refractivity contribution in [3.05, 3.63) is 53.2 Å². The van der Waals surface area contributed by atoms with Crippen LogP contribution in [0, 0.1) is 5.92 Å². The Morgan fingerprint density at radius 2 is 1.87 bits per heavy atom. The number of pyridine rings is 1. The van der Waals surface area contributed by atoms with Crippen molar-refractivity contribution in [2.24, 2.45) is 5.92 Å². The zero-order valence-corrected chi connectivity index (χ0v) is 13.9. The number of hydrogen-bond donors (Lipinski definition) is 1. The summed E-state index contributed by atoms with van der Waals surface area (Å²) in [5.41, 5.74) is 1.55. The smallest absolute Gasteiger partial charge is 0.255 e. The van der Waals surface area contributed by atoms with E-state index in [0.717, 1.165) is 31.6 Å². The number of likely N-dealkylation sites (tertiary alicyclic amines) is 1. The van der Waals surface area contributed by atoms with E-state index >= 15 is 0 Å². The van der Waals surface area contributed by atoms with E-state index in [2.05, 4.69) is 17.2 Å². The number of nitrogens with one attached hydrogen (secondary N) is 1. The molecule has 5 heteroatoms. The van der Waals surface area contributed by atoms with Gasteiger partial charge in [-0.3, -0.25) is 4.79 Å². The Kier molecular flexibility index (Phi) is 4.82. The second-order valence-electron chi connectivity index (χ2n) is 6.04. The van der Waals surface area contributed by atoms with Crippen LogP contribution in [0.15, 0.2) is 42.6 Å². The molecule has 1 aliphatic rings. The van der Waals surface area contributed by atoms with E-state index in [1.807, 2.05) is 41.3 Å². The number of halogens is 1. The number of piperidine rings is 1. The maximum Gasteiger partial charge on any atom is 0.255 e. The summed E-state index contributed by atoms with van der Waals surface area (Å²) in [7, 11) is 0. The molecule has 1 N–H and O–H groups in total. The summed E-state index contributed by atoms with van der Waals surface area (Å²) in [5.74, 6) is 1.49. The van der Waals surface area contributed by atoms with E-state index in [0.29, 0.717) is 22.3 Å². The standard InChI is InChI=1S/C18H20ClN3O/c1-13-8-10-22(11-9-13)18(23)14-2-7-17(20-12-14)21-16-5-3-15(19)4-6-16/h2-7,12-13H,8-11H2,1H3,(H,20,21). The Bertz CT molecular complexity index is 662. The summed E-state index contributed by atoms with van der Waals surface area (Å²) in [6.45, 7) is 3.91. The first-order chi connectivity index (χ1) is 11.1. The van der Waals surface area contributed by atoms with Crippen LogP contribution in [0.3, 0.4) is 0 Å². The molecule has 0 bridgehead atoms. The SMILES string of the molecule is CC1CCN(C(=O)c2ccc(Nc3ccc(Cl)cc3)nc2)CC1. The van der Waals surface area contributed by atoms with Gasteiger partial charge in [0.05, 0.1) is 5.56 Å². The van der Waals surface area contributed by atoms with Crippen molar-refractivity contribution in [2.75, 3.05) is 18.4 Å². The van der Waals surface area contributed by atoms with Crippen molar-refractivity contribution < 1.29 is 4.79 Å². The van der Waals surface area contributed by atoms with Gasteiger partial charge < -0.3 is 10.2 Å². The summed E-state index contributed by atoms with van der Waals surface area (Å²) < 4.78 is 0. The van der Waals surface area contributed by atoms with E-state index in [1.54, 1.807) is 6.20 Å². The van der Waals surface area contributed by atoms with Gasteiger partial charge in [0.1, 0.15) is 5.82 Å². The van der Waals surface area contributed by atoms with E-state index in [4.69, 9.17) is 11.6 Å². The molecule has 4 nitrogen and oxygen atoms in total. The Morgan fingerprint density at radius 1 is 1.17 bits per heavy atom. The van der Waals surface area contributed by atoms with Crippen LogP contribution in [-0.2, 0) is 0 Å². The Morgan fingerprint density at radius 3 is 2.48 bits per heavy atom. The first-order valence-corrected chi connectivity index (χ1v) is 8.27. The van der Waals surface area contributed by atoms with Gasteiger partial charge in [0.25, 0.3) is 5.91 Å². The van der Waals surface area contributed by atoms with Crippen LogP contribution >= 0.6 is 11.6 Å². The van der Waals surface area contributed by atoms with Crippen molar-refractivity contribution in [1.29, 1.82) is 0 Å². The molecular weight excluding hydrogens is 310 g/mol. The number of benzene rings is 1. The topological polar surface area (TPSA) is 45.2 Å². The average molecular weight is 330 g/mol. The van der Waals surface area contributed by atoms with Gasteiger partial charge in [-0.1, -0.05) is 18.5 Å². The second-order valence-corrected chi connectivity index (χ2v) is 6.48. The van der Waals surface area contributed by atoms with Crippen LogP contribution < -0.4 is 5.32 Å². The minimum Gasteiger partial charge on any atom is -0.340 e. The van der Waals surface area contributed by atoms with Crippen LogP contribution in [0.5, 0.6) is 0 Å². The van der Waals surface area contributed by atoms with Crippen LogP contribution in [0.25, 0.3) is 0 Å². The number of rotatable bonds is 3. The van der Waals surface area contributed by atoms with Crippen molar-refractivity contribution in [3.63, 3.8) is 0 Å². The molecule has 0 atom stereocenters. The highest BCUT2D eigenvalue weighted by atomic mass is 35.5. The molecule has 23 heavy (non-hydrogen) atoms. The quantitative estimate of drug-likeness (QED) is 0.910. The molecule has 1 saturated heterocycles. The highest BCUT2D eigenvalue weighted by molar-refractivity contribution is 6.30. The normalized spacial score (nSPS) is 15.5. The van der Waals surface area contributed by atoms with Crippen LogP contribution in [-0.4, -0.2) is 28.9 Å². The Labute approximate surface area is 141 Å². The number of carbonyl (C=O) groups is 1. The summed E-state index contributed by atoms with van der Waals surface area (Å²) in [5, 5.41) is 3.88. The molecule has 1 aromatic heterocycles. The first kappa shape index (κ1) is 15.8. The van der Waals surface area contributed by atoms with Crippen molar-refractivity contribution in [2.45, 2.75) is 19.8 Å². The fourth-order valence-corrected chi connectivity index (χ4v) is 2.80. The molecule has 2 aromatic rings. The minimum absolute atomic E-state index is 0.0717. The lowest BCUT2D eigenvalue weighted by Crippen LogP contribution is -2.37. The Balaban J connectivity index is 1.64. The molecule has 0 spiro atoms. The van der Waals surface area contributed by atoms with Crippen LogP contribution in [0.1, 0.15) is 30.1 Å². The van der Waals surface area contributed by atoms with Gasteiger partial charge in [-0.2, -0.15) is 0 Å². The summed E-state index contributed by atoms with van der Waals surface area (Å²) in [4.78, 5) is 18.7. The van der Waals surface area contributed by atoms with Gasteiger partial charge in [-0.15, -0.1) is 0 Å². The largest absolute Gasteiger partial charge is 0.340 e. The fraction of sp³-hybridized carbons (Fsp3) is 0.333. The molecule has 0 aliphatic carbocycles. The molecule has 1 fully saturated rings. The van der Waals surface area contributed by atoms with Crippen molar-refractivity contribution in [3.8, 4) is 0 Å². The predicted molar refractivity (Wildman–Crippen MR) is 93.3 cm³/mol. The van der Waals surface area contributed by atoms with Gasteiger partial charge in [0.15, 0.2) is 0 Å². The third-order valence-corrected chi connectivity index (χ3v) is 4.45. The van der Waals surface area contributed by atoms with E-state index < -0.39 is 0 Å². The number of nitrogens with zero attached hydrogens (tertiary/aromatic N) is 2. The molecule has 1 aromatic carbocycles. The molecule has 1 aliphatic heterocycles. The maximum atomic E-state index is 12.5. The fourth-order valence-electron chi connectivity index (χ4n) is 2.67. The number of amides is 1. The average Bonchev–Trinajstić information content (AvgIpc) is 2.58. The highest BCUT2D eigenvalue weighted by Crippen LogP contribution is 2.20. The monoisotopic (exact) mass is 329 g/mol. The lowest BCUT2D eigenvalue weighted by Gasteiger charge is -2.30. The minimum atomic E-state index is 0.0717. The zero-order chi connectivity index (χ0) is 16.2. The maximum absolute atomic E-state index is 12.5. The second kappa shape index (κ2) is 7.01. The number of anilines is 2. The van der Waals surface area contributed by atoms with Gasteiger partial charge in [0, 0.05) is 30.0 Å². The molecule has 2 heterocycles. The molecule has 120 valence electrons. The molecule has 0 radical (unpaired) electrons. The van der Waals surface area contributed by atoms with Crippen LogP contribution in [0.2, 0.25) is 5.02 Å². The number of carbonyl (C=O) groups excluding carboxylic acids is 1. The lowest BCUT2D eigenvalue weighted by molar-refractivity contribution is 0.0697. The summed E-state index contributed by atoms with van der Waals surface area (Å²) in [6.07, 6.45) is 3.80. The van der Waals surface area contributed by atoms with E-state index in [-0.39, 0.29) is 5.91 Å². The highest BCUT2D eigenvalue weighted by Gasteiger charge is 2.21. The lowest BCUT2D eigenvalue weighted by atomic mass is 9.99. The molecule has 1 amide bonds. The third kappa shape index (κ3) is 4.02. The Hall–Kier alpha value is -2.07. The predicted octanol–water partition coefficient (Wildman–Crippen LogP) is 4.35. The van der Waals surface area contributed by atoms with Gasteiger partial charge in [0.2, 0.25) is 0 Å². The zero-order valence-electron chi connectivity index (χ0n) is 13.1. The molecule has 0 unspecified atom stereocenters. The van der Waals surface area contributed by atoms with Gasteiger partial charge in [-0.05, 0) is 55.2 Å². The molecular formula is C18H20ClN3O. The first-order valence-electron chi connectivity index (χ1n) is 7.90. The number of hydrogen-bond acceptors (Lipinski definition) is 3.